The van der Waals surface area contributed by atoms with Crippen LogP contribution >= 0.6 is 11.3 Å². The van der Waals surface area contributed by atoms with Crippen molar-refractivity contribution in [3.8, 4) is 0 Å². The minimum Gasteiger partial charge on any atom is -0.374 e. The summed E-state index contributed by atoms with van der Waals surface area (Å²) in [5.41, 5.74) is 1.28. The van der Waals surface area contributed by atoms with Gasteiger partial charge in [0.1, 0.15) is 0 Å². The second kappa shape index (κ2) is 3.74. The third-order valence-electron chi connectivity index (χ3n) is 1.16. The Balaban J connectivity index is 2.28. The second-order valence-electron chi connectivity index (χ2n) is 2.49. The average molecular weight is 156 g/mol. The van der Waals surface area contributed by atoms with Crippen molar-refractivity contribution < 1.29 is 4.74 Å². The number of hydrogen-bond donors (Lipinski definition) is 0. The normalized spacial score (nSPS) is 10.7. The molecule has 0 bridgehead atoms. The van der Waals surface area contributed by atoms with Gasteiger partial charge in [0.05, 0.1) is 12.7 Å². The highest BCUT2D eigenvalue weighted by Crippen LogP contribution is 2.07. The topological polar surface area (TPSA) is 9.23 Å². The SMILES string of the molecule is CC(C)OCc1ccsc1. The Morgan fingerprint density at radius 1 is 1.60 bits per heavy atom. The molecule has 1 rings (SSSR count). The van der Waals surface area contributed by atoms with Gasteiger partial charge < -0.3 is 4.74 Å². The van der Waals surface area contributed by atoms with E-state index < -0.39 is 0 Å². The number of thiophene rings is 1. The summed E-state index contributed by atoms with van der Waals surface area (Å²) >= 11 is 1.71. The molecular formula is C8H12OS. The summed E-state index contributed by atoms with van der Waals surface area (Å²) in [5, 5.41) is 4.18. The monoisotopic (exact) mass is 156 g/mol. The maximum atomic E-state index is 5.39. The van der Waals surface area contributed by atoms with Crippen molar-refractivity contribution in [2.24, 2.45) is 0 Å². The molecule has 0 radical (unpaired) electrons. The Morgan fingerprint density at radius 2 is 2.40 bits per heavy atom. The van der Waals surface area contributed by atoms with Crippen molar-refractivity contribution in [1.29, 1.82) is 0 Å². The molecule has 10 heavy (non-hydrogen) atoms. The molecule has 0 saturated heterocycles. The lowest BCUT2D eigenvalue weighted by Crippen LogP contribution is -2.00. The molecule has 0 aliphatic heterocycles. The predicted octanol–water partition coefficient (Wildman–Crippen LogP) is 2.67. The Kier molecular flexibility index (Phi) is 2.90. The van der Waals surface area contributed by atoms with Crippen molar-refractivity contribution in [2.45, 2.75) is 26.6 Å². The minimum absolute atomic E-state index is 0.333. The fourth-order valence-electron chi connectivity index (χ4n) is 0.638. The first kappa shape index (κ1) is 7.76. The van der Waals surface area contributed by atoms with Crippen molar-refractivity contribution in [2.75, 3.05) is 0 Å². The molecule has 1 heterocycles. The Bertz CT molecular complexity index is 167. The highest BCUT2D eigenvalue weighted by molar-refractivity contribution is 7.07. The first-order valence-corrected chi connectivity index (χ1v) is 4.36. The zero-order chi connectivity index (χ0) is 7.40. The second-order valence-corrected chi connectivity index (χ2v) is 3.27. The molecule has 1 aromatic rings. The van der Waals surface area contributed by atoms with Gasteiger partial charge in [-0.3, -0.25) is 0 Å². The maximum Gasteiger partial charge on any atom is 0.0728 e. The number of ether oxygens (including phenoxy) is 1. The molecule has 0 aliphatic carbocycles. The molecule has 0 amide bonds. The van der Waals surface area contributed by atoms with Gasteiger partial charge in [0, 0.05) is 0 Å². The van der Waals surface area contributed by atoms with E-state index in [-0.39, 0.29) is 0 Å². The van der Waals surface area contributed by atoms with E-state index in [0.29, 0.717) is 6.10 Å². The molecule has 0 aliphatic rings. The first-order chi connectivity index (χ1) is 4.79. The van der Waals surface area contributed by atoms with E-state index in [4.69, 9.17) is 4.74 Å². The molecule has 0 unspecified atom stereocenters. The van der Waals surface area contributed by atoms with Crippen LogP contribution in [0.1, 0.15) is 19.4 Å². The van der Waals surface area contributed by atoms with Gasteiger partial charge in [-0.05, 0) is 36.2 Å². The van der Waals surface area contributed by atoms with E-state index in [9.17, 15) is 0 Å². The van der Waals surface area contributed by atoms with Crippen LogP contribution < -0.4 is 0 Å². The van der Waals surface area contributed by atoms with E-state index in [1.54, 1.807) is 11.3 Å². The highest BCUT2D eigenvalue weighted by atomic mass is 32.1. The van der Waals surface area contributed by atoms with Gasteiger partial charge in [-0.15, -0.1) is 0 Å². The van der Waals surface area contributed by atoms with Gasteiger partial charge in [0.15, 0.2) is 0 Å². The molecule has 2 heteroatoms. The van der Waals surface area contributed by atoms with Crippen molar-refractivity contribution >= 4 is 11.3 Å². The van der Waals surface area contributed by atoms with Crippen LogP contribution in [0.15, 0.2) is 16.8 Å². The summed E-state index contributed by atoms with van der Waals surface area (Å²) in [6.07, 6.45) is 0.333. The standard InChI is InChI=1S/C8H12OS/c1-7(2)9-5-8-3-4-10-6-8/h3-4,6-7H,5H2,1-2H3. The van der Waals surface area contributed by atoms with E-state index in [2.05, 4.69) is 16.8 Å². The van der Waals surface area contributed by atoms with Crippen LogP contribution in [0.25, 0.3) is 0 Å². The average Bonchev–Trinajstić information content (AvgIpc) is 2.34. The molecule has 1 aromatic heterocycles. The van der Waals surface area contributed by atoms with Gasteiger partial charge in [-0.25, -0.2) is 0 Å². The van der Waals surface area contributed by atoms with Gasteiger partial charge >= 0.3 is 0 Å². The molecule has 1 nitrogen and oxygen atoms in total. The molecule has 0 atom stereocenters. The number of rotatable bonds is 3. The summed E-state index contributed by atoms with van der Waals surface area (Å²) in [6.45, 7) is 4.85. The van der Waals surface area contributed by atoms with Crippen LogP contribution in [-0.2, 0) is 11.3 Å². The van der Waals surface area contributed by atoms with Crippen molar-refractivity contribution in [1.82, 2.24) is 0 Å². The highest BCUT2D eigenvalue weighted by Gasteiger charge is 1.94. The van der Waals surface area contributed by atoms with Gasteiger partial charge in [-0.1, -0.05) is 0 Å². The van der Waals surface area contributed by atoms with Crippen LogP contribution in [-0.4, -0.2) is 6.10 Å². The zero-order valence-electron chi connectivity index (χ0n) is 6.33. The Morgan fingerprint density at radius 3 is 2.90 bits per heavy atom. The maximum absolute atomic E-state index is 5.39. The fraction of sp³-hybridized carbons (Fsp3) is 0.500. The molecule has 56 valence electrons. The van der Waals surface area contributed by atoms with Crippen LogP contribution in [0.2, 0.25) is 0 Å². The largest absolute Gasteiger partial charge is 0.374 e. The van der Waals surface area contributed by atoms with Crippen LogP contribution in [0.4, 0.5) is 0 Å². The molecule has 0 N–H and O–H groups in total. The molecule has 0 spiro atoms. The Hall–Kier alpha value is -0.340. The molecule has 0 saturated carbocycles. The van der Waals surface area contributed by atoms with E-state index in [1.165, 1.54) is 5.56 Å². The Labute approximate surface area is 65.6 Å². The quantitative estimate of drug-likeness (QED) is 0.653. The summed E-state index contributed by atoms with van der Waals surface area (Å²) in [6, 6.07) is 2.09. The molecule has 0 fully saturated rings. The summed E-state index contributed by atoms with van der Waals surface area (Å²) in [5.74, 6) is 0. The summed E-state index contributed by atoms with van der Waals surface area (Å²) in [4.78, 5) is 0. The van der Waals surface area contributed by atoms with Crippen LogP contribution in [0, 0.1) is 0 Å². The van der Waals surface area contributed by atoms with Crippen molar-refractivity contribution in [3.63, 3.8) is 0 Å². The zero-order valence-corrected chi connectivity index (χ0v) is 7.15. The van der Waals surface area contributed by atoms with Gasteiger partial charge in [0.25, 0.3) is 0 Å². The third-order valence-corrected chi connectivity index (χ3v) is 1.90. The lowest BCUT2D eigenvalue weighted by Gasteiger charge is -2.04. The van der Waals surface area contributed by atoms with E-state index in [0.717, 1.165) is 6.61 Å². The fourth-order valence-corrected chi connectivity index (χ4v) is 1.29. The van der Waals surface area contributed by atoms with Crippen molar-refractivity contribution in [3.05, 3.63) is 22.4 Å². The lowest BCUT2D eigenvalue weighted by atomic mass is 10.4. The lowest BCUT2D eigenvalue weighted by molar-refractivity contribution is 0.0659. The third kappa shape index (κ3) is 2.50. The van der Waals surface area contributed by atoms with E-state index in [1.807, 2.05) is 13.8 Å². The van der Waals surface area contributed by atoms with Crippen LogP contribution in [0.5, 0.6) is 0 Å². The first-order valence-electron chi connectivity index (χ1n) is 3.41. The summed E-state index contributed by atoms with van der Waals surface area (Å²) < 4.78 is 5.39. The molecular weight excluding hydrogens is 144 g/mol. The van der Waals surface area contributed by atoms with E-state index >= 15 is 0 Å². The summed E-state index contributed by atoms with van der Waals surface area (Å²) in [7, 11) is 0. The smallest absolute Gasteiger partial charge is 0.0728 e. The minimum atomic E-state index is 0.333. The number of hydrogen-bond acceptors (Lipinski definition) is 2. The predicted molar refractivity (Wildman–Crippen MR) is 44.2 cm³/mol. The van der Waals surface area contributed by atoms with Gasteiger partial charge in [-0.2, -0.15) is 11.3 Å². The van der Waals surface area contributed by atoms with Gasteiger partial charge in [0.2, 0.25) is 0 Å². The molecule has 0 aromatic carbocycles. The van der Waals surface area contributed by atoms with Crippen LogP contribution in [0.3, 0.4) is 0 Å².